The quantitative estimate of drug-likeness (QED) is 0.938. The number of carboxylic acids is 1. The maximum Gasteiger partial charge on any atom is 0.336 e. The first-order valence-electron chi connectivity index (χ1n) is 7.93. The van der Waals surface area contributed by atoms with E-state index in [2.05, 4.69) is 9.97 Å². The second kappa shape index (κ2) is 6.39. The van der Waals surface area contributed by atoms with Crippen LogP contribution in [0, 0.1) is 6.92 Å². The summed E-state index contributed by atoms with van der Waals surface area (Å²) in [5.74, 6) is -0.394. The average Bonchev–Trinajstić information content (AvgIpc) is 3.04. The largest absolute Gasteiger partial charge is 0.478 e. The summed E-state index contributed by atoms with van der Waals surface area (Å²) < 4.78 is 0. The van der Waals surface area contributed by atoms with Crippen molar-refractivity contribution >= 4 is 11.9 Å². The molecule has 1 saturated heterocycles. The van der Waals surface area contributed by atoms with Crippen LogP contribution < -0.4 is 0 Å². The molecule has 2 heterocycles. The van der Waals surface area contributed by atoms with Crippen LogP contribution in [0.2, 0.25) is 0 Å². The predicted molar refractivity (Wildman–Crippen MR) is 88.5 cm³/mol. The summed E-state index contributed by atoms with van der Waals surface area (Å²) in [5.41, 5.74) is 2.11. The van der Waals surface area contributed by atoms with Gasteiger partial charge in [-0.15, -0.1) is 0 Å². The first kappa shape index (κ1) is 16.1. The zero-order valence-electron chi connectivity index (χ0n) is 13.7. The third kappa shape index (κ3) is 2.99. The Bertz CT molecular complexity index is 804. The number of likely N-dealkylation sites (tertiary alicyclic amines) is 1. The highest BCUT2D eigenvalue weighted by molar-refractivity contribution is 5.95. The third-order valence-corrected chi connectivity index (χ3v) is 4.29. The fourth-order valence-electron chi connectivity index (χ4n) is 3.24. The number of hydrogen-bond acceptors (Lipinski definition) is 4. The standard InChI is InChI=1S/C18H19N3O3/c1-11-19-15(13-6-3-4-7-14(13)18(23)24)10-16(20-11)17-8-5-9-21(17)12(2)22/h3-4,6-7,10,17H,5,8-9H2,1-2H3,(H,23,24)/t17-/m1/s1. The number of carbonyl (C=O) groups is 2. The lowest BCUT2D eigenvalue weighted by molar-refractivity contribution is -0.129. The molecule has 1 fully saturated rings. The molecule has 0 aliphatic carbocycles. The topological polar surface area (TPSA) is 83.4 Å². The fraction of sp³-hybridized carbons (Fsp3) is 0.333. The Labute approximate surface area is 140 Å². The van der Waals surface area contributed by atoms with E-state index in [-0.39, 0.29) is 17.5 Å². The van der Waals surface area contributed by atoms with Gasteiger partial charge in [-0.25, -0.2) is 14.8 Å². The summed E-state index contributed by atoms with van der Waals surface area (Å²) in [6.07, 6.45) is 1.80. The fourth-order valence-corrected chi connectivity index (χ4v) is 3.24. The minimum Gasteiger partial charge on any atom is -0.478 e. The van der Waals surface area contributed by atoms with E-state index >= 15 is 0 Å². The summed E-state index contributed by atoms with van der Waals surface area (Å²) in [4.78, 5) is 34.0. The Kier molecular flexibility index (Phi) is 4.29. The molecule has 124 valence electrons. The SMILES string of the molecule is CC(=O)N1CCC[C@@H]1c1cc(-c2ccccc2C(=O)O)nc(C)n1. The Balaban J connectivity index is 2.08. The Morgan fingerprint density at radius 2 is 2.00 bits per heavy atom. The van der Waals surface area contributed by atoms with Gasteiger partial charge in [-0.1, -0.05) is 18.2 Å². The molecular formula is C18H19N3O3. The number of aryl methyl sites for hydroxylation is 1. The van der Waals surface area contributed by atoms with E-state index in [9.17, 15) is 14.7 Å². The van der Waals surface area contributed by atoms with Crippen LogP contribution in [0.15, 0.2) is 30.3 Å². The summed E-state index contributed by atoms with van der Waals surface area (Å²) >= 11 is 0. The second-order valence-electron chi connectivity index (χ2n) is 5.95. The van der Waals surface area contributed by atoms with Crippen LogP contribution in [0.3, 0.4) is 0 Å². The number of aromatic carboxylic acids is 1. The molecule has 3 rings (SSSR count). The van der Waals surface area contributed by atoms with Gasteiger partial charge < -0.3 is 10.0 Å². The van der Waals surface area contributed by atoms with Crippen molar-refractivity contribution in [3.05, 3.63) is 47.4 Å². The Morgan fingerprint density at radius 3 is 2.71 bits per heavy atom. The van der Waals surface area contributed by atoms with E-state index in [0.29, 0.717) is 17.1 Å². The molecular weight excluding hydrogens is 306 g/mol. The predicted octanol–water partition coefficient (Wildman–Crippen LogP) is 2.83. The number of aromatic nitrogens is 2. The van der Waals surface area contributed by atoms with Crippen molar-refractivity contribution in [2.24, 2.45) is 0 Å². The minimum absolute atomic E-state index is 0.0289. The van der Waals surface area contributed by atoms with Crippen molar-refractivity contribution in [2.75, 3.05) is 6.54 Å². The molecule has 2 aromatic rings. The zero-order valence-corrected chi connectivity index (χ0v) is 13.7. The Morgan fingerprint density at radius 1 is 1.25 bits per heavy atom. The lowest BCUT2D eigenvalue weighted by Crippen LogP contribution is -2.28. The maximum atomic E-state index is 11.8. The van der Waals surface area contributed by atoms with E-state index in [4.69, 9.17) is 0 Å². The molecule has 1 atom stereocenters. The average molecular weight is 325 g/mol. The van der Waals surface area contributed by atoms with Crippen LogP contribution in [0.1, 0.15) is 47.7 Å². The normalized spacial score (nSPS) is 17.1. The van der Waals surface area contributed by atoms with Crippen molar-refractivity contribution in [3.63, 3.8) is 0 Å². The van der Waals surface area contributed by atoms with Gasteiger partial charge >= 0.3 is 5.97 Å². The molecule has 24 heavy (non-hydrogen) atoms. The van der Waals surface area contributed by atoms with Gasteiger partial charge in [-0.2, -0.15) is 0 Å². The van der Waals surface area contributed by atoms with Crippen LogP contribution in [0.25, 0.3) is 11.3 Å². The lowest BCUT2D eigenvalue weighted by Gasteiger charge is -2.23. The van der Waals surface area contributed by atoms with Gasteiger partial charge in [0, 0.05) is 19.0 Å². The molecule has 1 amide bonds. The summed E-state index contributed by atoms with van der Waals surface area (Å²) in [7, 11) is 0. The van der Waals surface area contributed by atoms with E-state index < -0.39 is 5.97 Å². The molecule has 0 unspecified atom stereocenters. The molecule has 1 aromatic carbocycles. The van der Waals surface area contributed by atoms with Crippen LogP contribution in [-0.4, -0.2) is 38.4 Å². The summed E-state index contributed by atoms with van der Waals surface area (Å²) in [6, 6.07) is 8.52. The van der Waals surface area contributed by atoms with Crippen molar-refractivity contribution in [1.82, 2.24) is 14.9 Å². The molecule has 1 N–H and O–H groups in total. The van der Waals surface area contributed by atoms with Crippen molar-refractivity contribution in [3.8, 4) is 11.3 Å². The van der Waals surface area contributed by atoms with Crippen LogP contribution in [-0.2, 0) is 4.79 Å². The van der Waals surface area contributed by atoms with Gasteiger partial charge in [0.15, 0.2) is 0 Å². The molecule has 6 heteroatoms. The van der Waals surface area contributed by atoms with Gasteiger partial charge in [-0.3, -0.25) is 4.79 Å². The highest BCUT2D eigenvalue weighted by Gasteiger charge is 2.29. The van der Waals surface area contributed by atoms with Crippen LogP contribution >= 0.6 is 0 Å². The van der Waals surface area contributed by atoms with Gasteiger partial charge in [0.1, 0.15) is 5.82 Å². The van der Waals surface area contributed by atoms with E-state index in [1.165, 1.54) is 0 Å². The van der Waals surface area contributed by atoms with Gasteiger partial charge in [0.25, 0.3) is 0 Å². The zero-order chi connectivity index (χ0) is 17.3. The van der Waals surface area contributed by atoms with Gasteiger partial charge in [0.05, 0.1) is 23.0 Å². The molecule has 0 radical (unpaired) electrons. The van der Waals surface area contributed by atoms with Gasteiger partial charge in [-0.05, 0) is 31.9 Å². The molecule has 0 bridgehead atoms. The first-order chi connectivity index (χ1) is 11.5. The smallest absolute Gasteiger partial charge is 0.336 e. The maximum absolute atomic E-state index is 11.8. The number of benzene rings is 1. The first-order valence-corrected chi connectivity index (χ1v) is 7.93. The minimum atomic E-state index is -0.991. The van der Waals surface area contributed by atoms with Crippen molar-refractivity contribution in [2.45, 2.75) is 32.7 Å². The van der Waals surface area contributed by atoms with Crippen LogP contribution in [0.4, 0.5) is 0 Å². The molecule has 1 aliphatic rings. The monoisotopic (exact) mass is 325 g/mol. The summed E-state index contributed by atoms with van der Waals surface area (Å²) in [5, 5.41) is 9.40. The van der Waals surface area contributed by atoms with E-state index in [1.54, 1.807) is 44.2 Å². The number of carbonyl (C=O) groups excluding carboxylic acids is 1. The van der Waals surface area contributed by atoms with E-state index in [0.717, 1.165) is 25.1 Å². The lowest BCUT2D eigenvalue weighted by atomic mass is 10.0. The van der Waals surface area contributed by atoms with Gasteiger partial charge in [0.2, 0.25) is 5.91 Å². The van der Waals surface area contributed by atoms with Crippen LogP contribution in [0.5, 0.6) is 0 Å². The number of amides is 1. The number of carboxylic acid groups (broad SMARTS) is 1. The highest BCUT2D eigenvalue weighted by Crippen LogP contribution is 2.33. The van der Waals surface area contributed by atoms with E-state index in [1.807, 2.05) is 4.90 Å². The molecule has 6 nitrogen and oxygen atoms in total. The molecule has 0 saturated carbocycles. The highest BCUT2D eigenvalue weighted by atomic mass is 16.4. The van der Waals surface area contributed by atoms with Crippen molar-refractivity contribution < 1.29 is 14.7 Å². The second-order valence-corrected chi connectivity index (χ2v) is 5.95. The number of hydrogen-bond donors (Lipinski definition) is 1. The third-order valence-electron chi connectivity index (χ3n) is 4.29. The molecule has 0 spiro atoms. The summed E-state index contributed by atoms with van der Waals surface area (Å²) in [6.45, 7) is 4.07. The molecule has 1 aliphatic heterocycles. The Hall–Kier alpha value is -2.76. The number of rotatable bonds is 3. The van der Waals surface area contributed by atoms with Crippen molar-refractivity contribution in [1.29, 1.82) is 0 Å². The number of nitrogens with zero attached hydrogens (tertiary/aromatic N) is 3. The molecule has 1 aromatic heterocycles.